The second-order valence-corrected chi connectivity index (χ2v) is 6.81. The first-order valence-electron chi connectivity index (χ1n) is 6.67. The third-order valence-corrected chi connectivity index (χ3v) is 4.22. The van der Waals surface area contributed by atoms with E-state index in [9.17, 15) is 4.79 Å². The van der Waals surface area contributed by atoms with Crippen LogP contribution in [0.5, 0.6) is 0 Å². The van der Waals surface area contributed by atoms with Gasteiger partial charge in [-0.05, 0) is 51.3 Å². The van der Waals surface area contributed by atoms with E-state index in [1.165, 1.54) is 0 Å². The number of hydrogen-bond donors (Lipinski definition) is 0. The molecule has 3 nitrogen and oxygen atoms in total. The molecular formula is C15H19Cl2NO2. The van der Waals surface area contributed by atoms with Crippen LogP contribution in [0.15, 0.2) is 12.1 Å². The fourth-order valence-corrected chi connectivity index (χ4v) is 2.86. The summed E-state index contributed by atoms with van der Waals surface area (Å²) < 4.78 is 5.44. The van der Waals surface area contributed by atoms with Crippen molar-refractivity contribution in [3.63, 3.8) is 0 Å². The minimum atomic E-state index is -0.491. The molecule has 0 spiro atoms. The summed E-state index contributed by atoms with van der Waals surface area (Å²) in [7, 11) is 0. The van der Waals surface area contributed by atoms with Crippen molar-refractivity contribution in [2.75, 3.05) is 6.54 Å². The molecule has 0 saturated carbocycles. The maximum atomic E-state index is 12.2. The Hall–Kier alpha value is -0.930. The Morgan fingerprint density at radius 1 is 1.35 bits per heavy atom. The van der Waals surface area contributed by atoms with Crippen LogP contribution in [0.1, 0.15) is 44.9 Å². The van der Waals surface area contributed by atoms with E-state index in [4.69, 9.17) is 27.9 Å². The molecule has 1 aromatic carbocycles. The number of rotatable bonds is 0. The van der Waals surface area contributed by atoms with E-state index in [0.717, 1.165) is 11.1 Å². The van der Waals surface area contributed by atoms with E-state index in [0.29, 0.717) is 23.0 Å². The van der Waals surface area contributed by atoms with Gasteiger partial charge in [-0.1, -0.05) is 29.3 Å². The van der Waals surface area contributed by atoms with Gasteiger partial charge in [0.05, 0.1) is 16.1 Å². The normalized spacial score (nSPS) is 18.7. The van der Waals surface area contributed by atoms with E-state index < -0.39 is 5.60 Å². The Bertz CT molecular complexity index is 537. The predicted octanol–water partition coefficient (Wildman–Crippen LogP) is 4.85. The second kappa shape index (κ2) is 5.45. The maximum Gasteiger partial charge on any atom is 0.410 e. The van der Waals surface area contributed by atoms with E-state index in [2.05, 4.69) is 0 Å². The average Bonchev–Trinajstić information content (AvgIpc) is 2.32. The van der Waals surface area contributed by atoms with E-state index in [1.807, 2.05) is 33.8 Å². The van der Waals surface area contributed by atoms with Gasteiger partial charge in [-0.25, -0.2) is 4.79 Å². The molecule has 0 aromatic heterocycles. The molecule has 0 aliphatic carbocycles. The number of benzene rings is 1. The first-order valence-corrected chi connectivity index (χ1v) is 7.42. The molecular weight excluding hydrogens is 297 g/mol. The average molecular weight is 316 g/mol. The largest absolute Gasteiger partial charge is 0.444 e. The second-order valence-electron chi connectivity index (χ2n) is 6.03. The monoisotopic (exact) mass is 315 g/mol. The summed E-state index contributed by atoms with van der Waals surface area (Å²) in [5.41, 5.74) is 1.58. The number of hydrogen-bond acceptors (Lipinski definition) is 2. The SMILES string of the molecule is C[C@H]1c2ccc(Cl)c(Cl)c2CCN1C(=O)OC(C)(C)C. The van der Waals surface area contributed by atoms with Gasteiger partial charge in [0.15, 0.2) is 0 Å². The molecule has 0 saturated heterocycles. The fourth-order valence-electron chi connectivity index (χ4n) is 2.42. The van der Waals surface area contributed by atoms with Gasteiger partial charge in [0, 0.05) is 6.54 Å². The first-order chi connectivity index (χ1) is 9.20. The summed E-state index contributed by atoms with van der Waals surface area (Å²) in [6.45, 7) is 8.16. The van der Waals surface area contributed by atoms with Crippen molar-refractivity contribution in [1.82, 2.24) is 4.90 Å². The van der Waals surface area contributed by atoms with Crippen LogP contribution in [0.4, 0.5) is 4.79 Å². The summed E-state index contributed by atoms with van der Waals surface area (Å²) in [6, 6.07) is 3.64. The summed E-state index contributed by atoms with van der Waals surface area (Å²) in [4.78, 5) is 14.0. The Labute approximate surface area is 129 Å². The van der Waals surface area contributed by atoms with Gasteiger partial charge >= 0.3 is 6.09 Å². The number of nitrogens with zero attached hydrogens (tertiary/aromatic N) is 1. The number of carbonyl (C=O) groups excluding carboxylic acids is 1. The minimum Gasteiger partial charge on any atom is -0.444 e. The highest BCUT2D eigenvalue weighted by Gasteiger charge is 2.32. The van der Waals surface area contributed by atoms with Crippen molar-refractivity contribution >= 4 is 29.3 Å². The Balaban J connectivity index is 2.26. The van der Waals surface area contributed by atoms with Gasteiger partial charge in [-0.3, -0.25) is 0 Å². The molecule has 0 radical (unpaired) electrons. The highest BCUT2D eigenvalue weighted by atomic mass is 35.5. The summed E-state index contributed by atoms with van der Waals surface area (Å²) >= 11 is 12.3. The number of amides is 1. The van der Waals surface area contributed by atoms with Crippen LogP contribution >= 0.6 is 23.2 Å². The van der Waals surface area contributed by atoms with Gasteiger partial charge in [-0.15, -0.1) is 0 Å². The van der Waals surface area contributed by atoms with Gasteiger partial charge in [-0.2, -0.15) is 0 Å². The van der Waals surface area contributed by atoms with E-state index in [-0.39, 0.29) is 12.1 Å². The Morgan fingerprint density at radius 3 is 2.60 bits per heavy atom. The van der Waals surface area contributed by atoms with E-state index in [1.54, 1.807) is 11.0 Å². The molecule has 0 unspecified atom stereocenters. The predicted molar refractivity (Wildman–Crippen MR) is 81.5 cm³/mol. The molecule has 0 fully saturated rings. The zero-order valence-electron chi connectivity index (χ0n) is 12.2. The third-order valence-electron chi connectivity index (χ3n) is 3.38. The van der Waals surface area contributed by atoms with Gasteiger partial charge in [0.2, 0.25) is 0 Å². The summed E-state index contributed by atoms with van der Waals surface area (Å²) in [6.07, 6.45) is 0.403. The van der Waals surface area contributed by atoms with Crippen molar-refractivity contribution in [3.8, 4) is 0 Å². The number of carbonyl (C=O) groups is 1. The molecule has 1 amide bonds. The lowest BCUT2D eigenvalue weighted by molar-refractivity contribution is 0.0160. The lowest BCUT2D eigenvalue weighted by Crippen LogP contribution is -2.42. The topological polar surface area (TPSA) is 29.5 Å². The van der Waals surface area contributed by atoms with Crippen molar-refractivity contribution in [3.05, 3.63) is 33.3 Å². The molecule has 1 aliphatic heterocycles. The molecule has 1 aromatic rings. The number of halogens is 2. The first kappa shape index (κ1) is 15.5. The third kappa shape index (κ3) is 3.04. The molecule has 0 N–H and O–H groups in total. The van der Waals surface area contributed by atoms with Gasteiger partial charge in [0.1, 0.15) is 5.60 Å². The highest BCUT2D eigenvalue weighted by Crippen LogP contribution is 2.37. The molecule has 1 heterocycles. The van der Waals surface area contributed by atoms with Crippen LogP contribution in [0.2, 0.25) is 10.0 Å². The van der Waals surface area contributed by atoms with Crippen molar-refractivity contribution < 1.29 is 9.53 Å². The molecule has 110 valence electrons. The van der Waals surface area contributed by atoms with Crippen LogP contribution in [-0.4, -0.2) is 23.1 Å². The molecule has 20 heavy (non-hydrogen) atoms. The molecule has 1 atom stereocenters. The molecule has 2 rings (SSSR count). The fraction of sp³-hybridized carbons (Fsp3) is 0.533. The lowest BCUT2D eigenvalue weighted by Gasteiger charge is -2.36. The van der Waals surface area contributed by atoms with Crippen molar-refractivity contribution in [2.45, 2.75) is 45.8 Å². The highest BCUT2D eigenvalue weighted by molar-refractivity contribution is 6.42. The zero-order valence-corrected chi connectivity index (χ0v) is 13.7. The maximum absolute atomic E-state index is 12.2. The summed E-state index contributed by atoms with van der Waals surface area (Å²) in [5.74, 6) is 0. The minimum absolute atomic E-state index is 0.0663. The molecule has 5 heteroatoms. The van der Waals surface area contributed by atoms with Gasteiger partial charge < -0.3 is 9.64 Å². The van der Waals surface area contributed by atoms with Gasteiger partial charge in [0.25, 0.3) is 0 Å². The quantitative estimate of drug-likeness (QED) is 0.685. The standard InChI is InChI=1S/C15H19Cl2NO2/c1-9-10-5-6-12(16)13(17)11(10)7-8-18(9)14(19)20-15(2,3)4/h5-6,9H,7-8H2,1-4H3/t9-/m0/s1. The van der Waals surface area contributed by atoms with Crippen molar-refractivity contribution in [2.24, 2.45) is 0 Å². The lowest BCUT2D eigenvalue weighted by atomic mass is 9.94. The Kier molecular flexibility index (Phi) is 4.22. The number of ether oxygens (including phenoxy) is 1. The summed E-state index contributed by atoms with van der Waals surface area (Å²) in [5, 5.41) is 1.16. The van der Waals surface area contributed by atoms with Crippen LogP contribution in [0.3, 0.4) is 0 Å². The van der Waals surface area contributed by atoms with Crippen molar-refractivity contribution in [1.29, 1.82) is 0 Å². The molecule has 1 aliphatic rings. The van der Waals surface area contributed by atoms with E-state index >= 15 is 0 Å². The van der Waals surface area contributed by atoms with Crippen LogP contribution in [-0.2, 0) is 11.2 Å². The zero-order chi connectivity index (χ0) is 15.1. The Morgan fingerprint density at radius 2 is 2.00 bits per heavy atom. The number of fused-ring (bicyclic) bond motifs is 1. The smallest absolute Gasteiger partial charge is 0.410 e. The molecule has 0 bridgehead atoms. The van der Waals surface area contributed by atoms with Crippen LogP contribution in [0.25, 0.3) is 0 Å². The van der Waals surface area contributed by atoms with Crippen LogP contribution in [0, 0.1) is 0 Å². The van der Waals surface area contributed by atoms with Crippen LogP contribution < -0.4 is 0 Å².